The van der Waals surface area contributed by atoms with Crippen LogP contribution in [0, 0.1) is 0 Å². The van der Waals surface area contributed by atoms with Crippen molar-refractivity contribution in [1.82, 2.24) is 9.78 Å². The molecular weight excluding hydrogens is 436 g/mol. The van der Waals surface area contributed by atoms with Crippen molar-refractivity contribution in [1.29, 1.82) is 0 Å². The molecule has 0 aliphatic heterocycles. The summed E-state index contributed by atoms with van der Waals surface area (Å²) in [7, 11) is 1.60. The Bertz CT molecular complexity index is 931. The highest BCUT2D eigenvalue weighted by Gasteiger charge is 2.07. The Balaban J connectivity index is 1.68. The van der Waals surface area contributed by atoms with Crippen LogP contribution in [0.2, 0.25) is 5.02 Å². The number of hydrogen-bond donors (Lipinski definition) is 2. The molecule has 0 unspecified atom stereocenters. The highest BCUT2D eigenvalue weighted by Crippen LogP contribution is 2.27. The number of anilines is 2. The molecule has 3 aromatic rings. The van der Waals surface area contributed by atoms with Gasteiger partial charge in [-0.15, -0.1) is 0 Å². The van der Waals surface area contributed by atoms with Crippen LogP contribution in [-0.2, 0) is 6.54 Å². The second-order valence-electron chi connectivity index (χ2n) is 5.48. The molecule has 2 N–H and O–H groups in total. The SMILES string of the molecule is COc1ccc(Cl)cc1NC(=S)Nc1cccc(Cn2cc(Br)cn2)c1. The van der Waals surface area contributed by atoms with Gasteiger partial charge in [0.05, 0.1) is 30.0 Å². The summed E-state index contributed by atoms with van der Waals surface area (Å²) in [6.07, 6.45) is 3.69. The van der Waals surface area contributed by atoms with E-state index in [1.807, 2.05) is 35.1 Å². The first-order chi connectivity index (χ1) is 12.5. The van der Waals surface area contributed by atoms with Gasteiger partial charge in [0.2, 0.25) is 0 Å². The maximum absolute atomic E-state index is 6.05. The van der Waals surface area contributed by atoms with Crippen LogP contribution in [0.15, 0.2) is 59.3 Å². The Morgan fingerprint density at radius 2 is 2.12 bits per heavy atom. The molecule has 0 amide bonds. The number of ether oxygens (including phenoxy) is 1. The maximum atomic E-state index is 6.05. The predicted octanol–water partition coefficient (Wildman–Crippen LogP) is 5.16. The molecule has 8 heteroatoms. The van der Waals surface area contributed by atoms with E-state index < -0.39 is 0 Å². The van der Waals surface area contributed by atoms with Gasteiger partial charge in [-0.1, -0.05) is 23.7 Å². The lowest BCUT2D eigenvalue weighted by Gasteiger charge is -2.14. The molecule has 0 bridgehead atoms. The number of hydrogen-bond acceptors (Lipinski definition) is 3. The summed E-state index contributed by atoms with van der Waals surface area (Å²) in [6.45, 7) is 0.670. The molecule has 0 aliphatic rings. The molecule has 134 valence electrons. The van der Waals surface area contributed by atoms with Crippen LogP contribution >= 0.6 is 39.7 Å². The molecule has 26 heavy (non-hydrogen) atoms. The molecule has 1 aromatic heterocycles. The van der Waals surface area contributed by atoms with E-state index in [0.717, 1.165) is 15.7 Å². The van der Waals surface area contributed by atoms with E-state index in [-0.39, 0.29) is 0 Å². The quantitative estimate of drug-likeness (QED) is 0.524. The van der Waals surface area contributed by atoms with Gasteiger partial charge < -0.3 is 15.4 Å². The molecule has 0 atom stereocenters. The zero-order valence-corrected chi connectivity index (χ0v) is 17.0. The fourth-order valence-electron chi connectivity index (χ4n) is 2.42. The lowest BCUT2D eigenvalue weighted by atomic mass is 10.2. The van der Waals surface area contributed by atoms with Crippen LogP contribution in [0.3, 0.4) is 0 Å². The predicted molar refractivity (Wildman–Crippen MR) is 113 cm³/mol. The number of rotatable bonds is 5. The van der Waals surface area contributed by atoms with Crippen molar-refractivity contribution < 1.29 is 4.74 Å². The topological polar surface area (TPSA) is 51.1 Å². The minimum absolute atomic E-state index is 0.449. The van der Waals surface area contributed by atoms with Crippen molar-refractivity contribution in [3.05, 3.63) is 69.9 Å². The summed E-state index contributed by atoms with van der Waals surface area (Å²) in [5.41, 5.74) is 2.69. The van der Waals surface area contributed by atoms with Crippen LogP contribution in [-0.4, -0.2) is 22.0 Å². The van der Waals surface area contributed by atoms with Crippen molar-refractivity contribution in [3.63, 3.8) is 0 Å². The third kappa shape index (κ3) is 4.97. The third-order valence-electron chi connectivity index (χ3n) is 3.54. The van der Waals surface area contributed by atoms with Gasteiger partial charge in [0.1, 0.15) is 5.75 Å². The summed E-state index contributed by atoms with van der Waals surface area (Å²) in [6, 6.07) is 13.3. The lowest BCUT2D eigenvalue weighted by Crippen LogP contribution is -2.19. The standard InChI is InChI=1S/C18H16BrClN4OS/c1-25-17-6-5-14(20)8-16(17)23-18(26)22-15-4-2-3-12(7-15)10-24-11-13(19)9-21-24/h2-9,11H,10H2,1H3,(H2,22,23,26). The van der Waals surface area contributed by atoms with Crippen molar-refractivity contribution in [2.24, 2.45) is 0 Å². The fraction of sp³-hybridized carbons (Fsp3) is 0.111. The van der Waals surface area contributed by atoms with E-state index in [0.29, 0.717) is 28.1 Å². The molecule has 0 saturated heterocycles. The highest BCUT2D eigenvalue weighted by molar-refractivity contribution is 9.10. The van der Waals surface area contributed by atoms with Crippen molar-refractivity contribution in [2.75, 3.05) is 17.7 Å². The zero-order chi connectivity index (χ0) is 18.5. The van der Waals surface area contributed by atoms with E-state index in [4.69, 9.17) is 28.6 Å². The number of nitrogens with one attached hydrogen (secondary N) is 2. The molecule has 5 nitrogen and oxygen atoms in total. The number of aromatic nitrogens is 2. The summed E-state index contributed by atoms with van der Waals surface area (Å²) in [4.78, 5) is 0. The highest BCUT2D eigenvalue weighted by atomic mass is 79.9. The Morgan fingerprint density at radius 1 is 1.27 bits per heavy atom. The Kier molecular flexibility index (Phi) is 6.13. The molecule has 0 aliphatic carbocycles. The summed E-state index contributed by atoms with van der Waals surface area (Å²) in [5, 5.41) is 11.6. The van der Waals surface area contributed by atoms with Crippen molar-refractivity contribution in [2.45, 2.75) is 6.54 Å². The molecule has 0 fully saturated rings. The number of halogens is 2. The molecular formula is C18H16BrClN4OS. The van der Waals surface area contributed by atoms with Crippen LogP contribution < -0.4 is 15.4 Å². The first kappa shape index (κ1) is 18.7. The van der Waals surface area contributed by atoms with Crippen LogP contribution in [0.1, 0.15) is 5.56 Å². The van der Waals surface area contributed by atoms with Gasteiger partial charge in [-0.25, -0.2) is 0 Å². The van der Waals surface area contributed by atoms with Crippen molar-refractivity contribution >= 4 is 56.2 Å². The van der Waals surface area contributed by atoms with E-state index >= 15 is 0 Å². The smallest absolute Gasteiger partial charge is 0.175 e. The van der Waals surface area contributed by atoms with Gasteiger partial charge >= 0.3 is 0 Å². The van der Waals surface area contributed by atoms with Crippen LogP contribution in [0.5, 0.6) is 5.75 Å². The van der Waals surface area contributed by atoms with E-state index in [1.165, 1.54) is 0 Å². The van der Waals surface area contributed by atoms with Gasteiger partial charge in [-0.05, 0) is 64.0 Å². The van der Waals surface area contributed by atoms with E-state index in [2.05, 4.69) is 31.7 Å². The number of thiocarbonyl (C=S) groups is 1. The first-order valence-electron chi connectivity index (χ1n) is 7.72. The molecule has 0 radical (unpaired) electrons. The molecule has 1 heterocycles. The maximum Gasteiger partial charge on any atom is 0.175 e. The summed E-state index contributed by atoms with van der Waals surface area (Å²) in [5.74, 6) is 0.663. The van der Waals surface area contributed by atoms with Gasteiger partial charge in [0, 0.05) is 16.9 Å². The number of benzene rings is 2. The Morgan fingerprint density at radius 3 is 2.85 bits per heavy atom. The first-order valence-corrected chi connectivity index (χ1v) is 9.30. The van der Waals surface area contributed by atoms with Gasteiger partial charge in [-0.2, -0.15) is 5.10 Å². The average molecular weight is 452 g/mol. The monoisotopic (exact) mass is 450 g/mol. The van der Waals surface area contributed by atoms with Gasteiger partial charge in [-0.3, -0.25) is 4.68 Å². The fourth-order valence-corrected chi connectivity index (χ4v) is 3.15. The molecule has 0 saturated carbocycles. The largest absolute Gasteiger partial charge is 0.495 e. The molecule has 0 spiro atoms. The molecule has 2 aromatic carbocycles. The second-order valence-corrected chi connectivity index (χ2v) is 7.24. The van der Waals surface area contributed by atoms with Crippen molar-refractivity contribution in [3.8, 4) is 5.75 Å². The van der Waals surface area contributed by atoms with E-state index in [9.17, 15) is 0 Å². The number of nitrogens with zero attached hydrogens (tertiary/aromatic N) is 2. The third-order valence-corrected chi connectivity index (χ3v) is 4.39. The lowest BCUT2D eigenvalue weighted by molar-refractivity contribution is 0.417. The van der Waals surface area contributed by atoms with Gasteiger partial charge in [0.15, 0.2) is 5.11 Å². The Hall–Kier alpha value is -2.09. The Labute approximate surface area is 170 Å². The minimum Gasteiger partial charge on any atom is -0.495 e. The minimum atomic E-state index is 0.449. The van der Waals surface area contributed by atoms with Crippen LogP contribution in [0.25, 0.3) is 0 Å². The second kappa shape index (κ2) is 8.53. The zero-order valence-electron chi connectivity index (χ0n) is 13.9. The molecule has 3 rings (SSSR count). The average Bonchev–Trinajstić information content (AvgIpc) is 3.00. The van der Waals surface area contributed by atoms with Gasteiger partial charge in [0.25, 0.3) is 0 Å². The number of methoxy groups -OCH3 is 1. The normalized spacial score (nSPS) is 10.4. The van der Waals surface area contributed by atoms with E-state index in [1.54, 1.807) is 31.5 Å². The van der Waals surface area contributed by atoms with Crippen LogP contribution in [0.4, 0.5) is 11.4 Å². The summed E-state index contributed by atoms with van der Waals surface area (Å²) < 4.78 is 8.13. The summed E-state index contributed by atoms with van der Waals surface area (Å²) >= 11 is 14.8.